The molecule has 0 aromatic heterocycles. The molecule has 3 nitrogen and oxygen atoms in total. The van der Waals surface area contributed by atoms with Crippen molar-refractivity contribution in [2.75, 3.05) is 17.7 Å². The fourth-order valence-electron chi connectivity index (χ4n) is 1.96. The van der Waals surface area contributed by atoms with Crippen molar-refractivity contribution in [3.63, 3.8) is 0 Å². The van der Waals surface area contributed by atoms with Gasteiger partial charge in [-0.2, -0.15) is 0 Å². The van der Waals surface area contributed by atoms with Gasteiger partial charge in [0.2, 0.25) is 5.91 Å². The Hall–Kier alpha value is -2.29. The van der Waals surface area contributed by atoms with Gasteiger partial charge in [0.05, 0.1) is 6.42 Å². The molecule has 0 aliphatic rings. The molecule has 0 bridgehead atoms. The number of carbonyl (C=O) groups is 1. The summed E-state index contributed by atoms with van der Waals surface area (Å²) in [7, 11) is 1.78. The molecule has 0 radical (unpaired) electrons. The predicted molar refractivity (Wildman–Crippen MR) is 79.1 cm³/mol. The molecule has 0 fully saturated rings. The Morgan fingerprint density at radius 1 is 1.16 bits per heavy atom. The molecular weight excluding hydrogens is 236 g/mol. The summed E-state index contributed by atoms with van der Waals surface area (Å²) in [6.45, 7) is 2.03. The molecule has 0 aliphatic heterocycles. The third kappa shape index (κ3) is 3.35. The van der Waals surface area contributed by atoms with Crippen LogP contribution in [0.3, 0.4) is 0 Å². The minimum absolute atomic E-state index is 0.0652. The van der Waals surface area contributed by atoms with Crippen LogP contribution in [0.15, 0.2) is 48.5 Å². The Morgan fingerprint density at radius 3 is 2.47 bits per heavy atom. The molecule has 3 heteroatoms. The zero-order chi connectivity index (χ0) is 13.8. The smallest absolute Gasteiger partial charge is 0.231 e. The highest BCUT2D eigenvalue weighted by molar-refractivity contribution is 5.94. The maximum absolute atomic E-state index is 12.2. The second kappa shape index (κ2) is 5.57. The molecular formula is C16H18N2O. The average Bonchev–Trinajstić information content (AvgIpc) is 2.39. The number of carbonyl (C=O) groups excluding carboxylic acids is 1. The maximum Gasteiger partial charge on any atom is 0.231 e. The SMILES string of the molecule is Cc1cccc(CC(=O)N(C)c2ccc(N)cc2)c1. The highest BCUT2D eigenvalue weighted by Crippen LogP contribution is 2.16. The highest BCUT2D eigenvalue weighted by Gasteiger charge is 2.11. The van der Waals surface area contributed by atoms with Crippen LogP contribution in [0, 0.1) is 6.92 Å². The lowest BCUT2D eigenvalue weighted by atomic mass is 10.1. The van der Waals surface area contributed by atoms with Gasteiger partial charge in [0.25, 0.3) is 0 Å². The molecule has 1 amide bonds. The molecule has 0 saturated carbocycles. The minimum Gasteiger partial charge on any atom is -0.399 e. The van der Waals surface area contributed by atoms with Gasteiger partial charge in [-0.25, -0.2) is 0 Å². The first-order valence-corrected chi connectivity index (χ1v) is 6.24. The van der Waals surface area contributed by atoms with Gasteiger partial charge in [0.1, 0.15) is 0 Å². The number of anilines is 2. The standard InChI is InChI=1S/C16H18N2O/c1-12-4-3-5-13(10-12)11-16(19)18(2)15-8-6-14(17)7-9-15/h3-10H,11,17H2,1-2H3. The van der Waals surface area contributed by atoms with Gasteiger partial charge in [0, 0.05) is 18.4 Å². The fourth-order valence-corrected chi connectivity index (χ4v) is 1.96. The third-order valence-electron chi connectivity index (χ3n) is 3.09. The van der Waals surface area contributed by atoms with E-state index >= 15 is 0 Å². The summed E-state index contributed by atoms with van der Waals surface area (Å²) >= 11 is 0. The van der Waals surface area contributed by atoms with Gasteiger partial charge in [-0.05, 0) is 36.8 Å². The molecule has 2 aromatic rings. The topological polar surface area (TPSA) is 46.3 Å². The van der Waals surface area contributed by atoms with Crippen LogP contribution < -0.4 is 10.6 Å². The van der Waals surface area contributed by atoms with E-state index in [2.05, 4.69) is 0 Å². The number of rotatable bonds is 3. The molecule has 2 aromatic carbocycles. The van der Waals surface area contributed by atoms with Gasteiger partial charge in [-0.1, -0.05) is 29.8 Å². The first-order valence-electron chi connectivity index (χ1n) is 6.24. The molecule has 2 N–H and O–H groups in total. The van der Waals surface area contributed by atoms with Crippen LogP contribution in [-0.2, 0) is 11.2 Å². The summed E-state index contributed by atoms with van der Waals surface area (Å²) < 4.78 is 0. The van der Waals surface area contributed by atoms with Crippen molar-refractivity contribution in [2.45, 2.75) is 13.3 Å². The molecule has 0 atom stereocenters. The number of nitrogens with two attached hydrogens (primary N) is 1. The van der Waals surface area contributed by atoms with E-state index in [1.54, 1.807) is 24.1 Å². The van der Waals surface area contributed by atoms with Crippen molar-refractivity contribution in [3.8, 4) is 0 Å². The summed E-state index contributed by atoms with van der Waals surface area (Å²) in [5.74, 6) is 0.0652. The number of nitrogens with zero attached hydrogens (tertiary/aromatic N) is 1. The summed E-state index contributed by atoms with van der Waals surface area (Å²) in [4.78, 5) is 13.9. The first kappa shape index (κ1) is 13.1. The normalized spacial score (nSPS) is 10.2. The van der Waals surface area contributed by atoms with Crippen LogP contribution in [-0.4, -0.2) is 13.0 Å². The number of aryl methyl sites for hydroxylation is 1. The number of benzene rings is 2. The second-order valence-electron chi connectivity index (χ2n) is 4.71. The van der Waals surface area contributed by atoms with E-state index in [9.17, 15) is 4.79 Å². The van der Waals surface area contributed by atoms with Crippen molar-refractivity contribution in [2.24, 2.45) is 0 Å². The van der Waals surface area contributed by atoms with Gasteiger partial charge in [0.15, 0.2) is 0 Å². The largest absolute Gasteiger partial charge is 0.399 e. The number of hydrogen-bond acceptors (Lipinski definition) is 2. The molecule has 0 unspecified atom stereocenters. The van der Waals surface area contributed by atoms with Crippen molar-refractivity contribution in [3.05, 3.63) is 59.7 Å². The fraction of sp³-hybridized carbons (Fsp3) is 0.188. The van der Waals surface area contributed by atoms with Gasteiger partial charge in [-0.15, -0.1) is 0 Å². The molecule has 0 spiro atoms. The summed E-state index contributed by atoms with van der Waals surface area (Å²) in [6.07, 6.45) is 0.405. The second-order valence-corrected chi connectivity index (χ2v) is 4.71. The zero-order valence-corrected chi connectivity index (χ0v) is 11.3. The quantitative estimate of drug-likeness (QED) is 0.856. The van der Waals surface area contributed by atoms with Crippen LogP contribution in [0.5, 0.6) is 0 Å². The van der Waals surface area contributed by atoms with E-state index in [-0.39, 0.29) is 5.91 Å². The Bertz CT molecular complexity index is 576. The Kier molecular flexibility index (Phi) is 3.85. The Morgan fingerprint density at radius 2 is 1.84 bits per heavy atom. The van der Waals surface area contributed by atoms with Gasteiger partial charge in [-0.3, -0.25) is 4.79 Å². The van der Waals surface area contributed by atoms with E-state index < -0.39 is 0 Å². The molecule has 0 saturated heterocycles. The van der Waals surface area contributed by atoms with Crippen LogP contribution in [0.2, 0.25) is 0 Å². The lowest BCUT2D eigenvalue weighted by molar-refractivity contribution is -0.117. The monoisotopic (exact) mass is 254 g/mol. The summed E-state index contributed by atoms with van der Waals surface area (Å²) in [5, 5.41) is 0. The van der Waals surface area contributed by atoms with Crippen molar-refractivity contribution in [1.29, 1.82) is 0 Å². The lowest BCUT2D eigenvalue weighted by Crippen LogP contribution is -2.27. The van der Waals surface area contributed by atoms with E-state index in [0.29, 0.717) is 12.1 Å². The average molecular weight is 254 g/mol. The summed E-state index contributed by atoms with van der Waals surface area (Å²) in [6, 6.07) is 15.3. The molecule has 0 aliphatic carbocycles. The van der Waals surface area contributed by atoms with Crippen molar-refractivity contribution < 1.29 is 4.79 Å². The molecule has 98 valence electrons. The third-order valence-corrected chi connectivity index (χ3v) is 3.09. The first-order chi connectivity index (χ1) is 9.06. The number of amides is 1. The predicted octanol–water partition coefficient (Wildman–Crippen LogP) is 2.78. The van der Waals surface area contributed by atoms with E-state index in [0.717, 1.165) is 11.3 Å². The Labute approximate surface area is 113 Å². The molecule has 0 heterocycles. The summed E-state index contributed by atoms with van der Waals surface area (Å²) in [5.41, 5.74) is 9.39. The zero-order valence-electron chi connectivity index (χ0n) is 11.3. The van der Waals surface area contributed by atoms with Gasteiger partial charge < -0.3 is 10.6 Å². The van der Waals surface area contributed by atoms with Gasteiger partial charge >= 0.3 is 0 Å². The lowest BCUT2D eigenvalue weighted by Gasteiger charge is -2.17. The number of nitrogen functional groups attached to an aromatic ring is 1. The molecule has 2 rings (SSSR count). The number of hydrogen-bond donors (Lipinski definition) is 1. The Balaban J connectivity index is 2.09. The van der Waals surface area contributed by atoms with E-state index in [1.165, 1.54) is 5.56 Å². The van der Waals surface area contributed by atoms with Crippen molar-refractivity contribution >= 4 is 17.3 Å². The van der Waals surface area contributed by atoms with Crippen LogP contribution >= 0.6 is 0 Å². The van der Waals surface area contributed by atoms with E-state index in [4.69, 9.17) is 5.73 Å². The van der Waals surface area contributed by atoms with Crippen LogP contribution in [0.25, 0.3) is 0 Å². The highest BCUT2D eigenvalue weighted by atomic mass is 16.2. The molecule has 19 heavy (non-hydrogen) atoms. The maximum atomic E-state index is 12.2. The number of likely N-dealkylation sites (N-methyl/N-ethyl adjacent to an activating group) is 1. The van der Waals surface area contributed by atoms with Crippen LogP contribution in [0.4, 0.5) is 11.4 Å². The van der Waals surface area contributed by atoms with Crippen LogP contribution in [0.1, 0.15) is 11.1 Å². The van der Waals surface area contributed by atoms with Crippen molar-refractivity contribution in [1.82, 2.24) is 0 Å². The van der Waals surface area contributed by atoms with E-state index in [1.807, 2.05) is 43.3 Å². The minimum atomic E-state index is 0.0652.